The number of aromatic nitrogens is 3. The minimum Gasteiger partial charge on any atom is -0.503 e. The van der Waals surface area contributed by atoms with Crippen molar-refractivity contribution in [1.82, 2.24) is 19.9 Å². The monoisotopic (exact) mass is 418 g/mol. The number of benzene rings is 2. The third-order valence-electron chi connectivity index (χ3n) is 4.77. The van der Waals surface area contributed by atoms with Gasteiger partial charge in [-0.05, 0) is 12.1 Å². The van der Waals surface area contributed by atoms with Gasteiger partial charge in [0.1, 0.15) is 22.9 Å². The zero-order valence-electron chi connectivity index (χ0n) is 15.5. The minimum atomic E-state index is -1.05. The Bertz CT molecular complexity index is 1240. The molecule has 0 atom stereocenters. The number of aromatic hydroxyl groups is 1. The number of ether oxygens (including phenoxy) is 1. The number of fused-ring (bicyclic) bond motifs is 2. The first-order valence-electron chi connectivity index (χ1n) is 9.04. The Hall–Kier alpha value is -3.60. The molecule has 1 aromatic rings. The SMILES string of the molecule is O=C(NCc1ccc(F)cc1F)c1cc2nn3n(c(=O)c-2c(O)c1=O)CCOCC3. The Balaban J connectivity index is 1.72. The lowest BCUT2D eigenvalue weighted by Gasteiger charge is -2.16. The molecule has 0 spiro atoms. The molecule has 2 aliphatic heterocycles. The maximum atomic E-state index is 13.7. The Morgan fingerprint density at radius 2 is 1.97 bits per heavy atom. The Kier molecular flexibility index (Phi) is 5.04. The molecule has 30 heavy (non-hydrogen) atoms. The van der Waals surface area contributed by atoms with E-state index in [2.05, 4.69) is 10.4 Å². The van der Waals surface area contributed by atoms with Crippen molar-refractivity contribution in [3.05, 3.63) is 67.6 Å². The van der Waals surface area contributed by atoms with E-state index in [-0.39, 0.29) is 43.1 Å². The molecular formula is C19H16F2N4O5. The van der Waals surface area contributed by atoms with Gasteiger partial charge in [0, 0.05) is 18.2 Å². The normalized spacial score (nSPS) is 13.7. The maximum absolute atomic E-state index is 13.7. The molecule has 0 saturated heterocycles. The third-order valence-corrected chi connectivity index (χ3v) is 4.77. The second-order valence-corrected chi connectivity index (χ2v) is 6.65. The lowest BCUT2D eigenvalue weighted by Crippen LogP contribution is -2.36. The first-order chi connectivity index (χ1) is 14.4. The van der Waals surface area contributed by atoms with Crippen molar-refractivity contribution >= 4 is 5.91 Å². The van der Waals surface area contributed by atoms with Gasteiger partial charge in [0.25, 0.3) is 11.5 Å². The largest absolute Gasteiger partial charge is 0.503 e. The predicted octanol–water partition coefficient (Wildman–Crippen LogP) is 0.454. The summed E-state index contributed by atoms with van der Waals surface area (Å²) in [7, 11) is 0. The lowest BCUT2D eigenvalue weighted by atomic mass is 10.0. The number of hydrogen-bond donors (Lipinski definition) is 2. The van der Waals surface area contributed by atoms with Gasteiger partial charge in [0.05, 0.1) is 31.9 Å². The van der Waals surface area contributed by atoms with E-state index in [1.165, 1.54) is 9.48 Å². The highest BCUT2D eigenvalue weighted by Crippen LogP contribution is 2.23. The van der Waals surface area contributed by atoms with Crippen molar-refractivity contribution in [3.63, 3.8) is 0 Å². The Labute approximate surface area is 167 Å². The molecule has 11 heteroatoms. The number of rotatable bonds is 3. The van der Waals surface area contributed by atoms with Gasteiger partial charge in [0.2, 0.25) is 5.43 Å². The van der Waals surface area contributed by atoms with E-state index in [4.69, 9.17) is 4.74 Å². The molecule has 156 valence electrons. The topological polar surface area (TPSA) is 115 Å². The molecule has 0 aromatic heterocycles. The summed E-state index contributed by atoms with van der Waals surface area (Å²) in [6, 6.07) is 3.98. The first-order valence-corrected chi connectivity index (χ1v) is 9.04. The molecule has 4 rings (SSSR count). The van der Waals surface area contributed by atoms with Gasteiger partial charge in [-0.25, -0.2) is 13.5 Å². The van der Waals surface area contributed by atoms with Crippen molar-refractivity contribution in [2.24, 2.45) is 0 Å². The zero-order valence-corrected chi connectivity index (χ0v) is 15.5. The van der Waals surface area contributed by atoms with Crippen LogP contribution in [0.5, 0.6) is 5.75 Å². The molecule has 0 saturated carbocycles. The third kappa shape index (κ3) is 3.43. The van der Waals surface area contributed by atoms with Crippen molar-refractivity contribution in [2.45, 2.75) is 19.6 Å². The molecule has 0 radical (unpaired) electrons. The van der Waals surface area contributed by atoms with Gasteiger partial charge in [-0.15, -0.1) is 0 Å². The molecule has 0 unspecified atom stereocenters. The molecule has 1 aliphatic carbocycles. The van der Waals surface area contributed by atoms with Crippen LogP contribution in [0, 0.1) is 11.6 Å². The number of hydrogen-bond acceptors (Lipinski definition) is 6. The molecule has 2 N–H and O–H groups in total. The number of amides is 1. The lowest BCUT2D eigenvalue weighted by molar-refractivity contribution is 0.0949. The molecule has 2 heterocycles. The summed E-state index contributed by atoms with van der Waals surface area (Å²) in [5.41, 5.74) is -2.44. The van der Waals surface area contributed by atoms with E-state index in [1.54, 1.807) is 0 Å². The highest BCUT2D eigenvalue weighted by molar-refractivity contribution is 5.96. The van der Waals surface area contributed by atoms with Crippen LogP contribution in [0.4, 0.5) is 8.78 Å². The second kappa shape index (κ2) is 7.67. The van der Waals surface area contributed by atoms with Crippen LogP contribution in [0.3, 0.4) is 0 Å². The van der Waals surface area contributed by atoms with E-state index in [0.717, 1.165) is 18.2 Å². The van der Waals surface area contributed by atoms with Crippen LogP contribution in [0.15, 0.2) is 33.9 Å². The summed E-state index contributed by atoms with van der Waals surface area (Å²) < 4.78 is 33.3. The van der Waals surface area contributed by atoms with Gasteiger partial charge in [-0.1, -0.05) is 6.07 Å². The number of phenols is 1. The van der Waals surface area contributed by atoms with E-state index in [9.17, 15) is 28.3 Å². The quantitative estimate of drug-likeness (QED) is 0.638. The molecule has 9 nitrogen and oxygen atoms in total. The first kappa shape index (κ1) is 19.7. The fraction of sp³-hybridized carbons (Fsp3) is 0.263. The average Bonchev–Trinajstić information content (AvgIpc) is 2.95. The zero-order chi connectivity index (χ0) is 21.4. The second-order valence-electron chi connectivity index (χ2n) is 6.65. The van der Waals surface area contributed by atoms with E-state index in [0.29, 0.717) is 12.7 Å². The van der Waals surface area contributed by atoms with Crippen LogP contribution in [0.25, 0.3) is 11.3 Å². The number of phenolic OH excluding ortho intramolecular Hbond substituents is 1. The summed E-state index contributed by atoms with van der Waals surface area (Å²) in [6.45, 7) is 0.760. The van der Waals surface area contributed by atoms with Crippen molar-refractivity contribution in [1.29, 1.82) is 0 Å². The highest BCUT2D eigenvalue weighted by atomic mass is 19.1. The van der Waals surface area contributed by atoms with E-state index < -0.39 is 39.8 Å². The van der Waals surface area contributed by atoms with Crippen LogP contribution in [-0.2, 0) is 24.4 Å². The summed E-state index contributed by atoms with van der Waals surface area (Å²) >= 11 is 0. The van der Waals surface area contributed by atoms with Crippen molar-refractivity contribution in [3.8, 4) is 17.0 Å². The smallest absolute Gasteiger partial charge is 0.279 e. The fourth-order valence-corrected chi connectivity index (χ4v) is 3.23. The standard InChI is InChI=1S/C19H16F2N4O5/c20-11-2-1-10(13(21)7-11)9-22-18(28)12-8-14-15(17(27)16(12)26)19(29)24-3-5-30-6-4-25(24)23-14/h1-2,7-8,27H,3-6,9H2,(H,22,28). The van der Waals surface area contributed by atoms with Crippen LogP contribution in [0.1, 0.15) is 15.9 Å². The fourth-order valence-electron chi connectivity index (χ4n) is 3.23. The summed E-state index contributed by atoms with van der Waals surface area (Å²) in [4.78, 5) is 39.1. The molecule has 0 fully saturated rings. The predicted molar refractivity (Wildman–Crippen MR) is 99.4 cm³/mol. The van der Waals surface area contributed by atoms with Gasteiger partial charge < -0.3 is 15.2 Å². The Morgan fingerprint density at radius 3 is 2.73 bits per heavy atom. The van der Waals surface area contributed by atoms with Gasteiger partial charge >= 0.3 is 0 Å². The van der Waals surface area contributed by atoms with Crippen LogP contribution in [-0.4, -0.2) is 38.8 Å². The Morgan fingerprint density at radius 1 is 1.20 bits per heavy atom. The minimum absolute atomic E-state index is 0.0134. The van der Waals surface area contributed by atoms with Crippen LogP contribution >= 0.6 is 0 Å². The summed E-state index contributed by atoms with van der Waals surface area (Å²) in [5.74, 6) is -3.39. The number of carbonyl (C=O) groups excluding carboxylic acids is 1. The molecule has 1 aromatic carbocycles. The summed E-state index contributed by atoms with van der Waals surface area (Å²) in [5, 5.41) is 16.9. The van der Waals surface area contributed by atoms with Crippen molar-refractivity contribution < 1.29 is 23.4 Å². The van der Waals surface area contributed by atoms with Crippen LogP contribution in [0.2, 0.25) is 0 Å². The molecule has 1 amide bonds. The molecular weight excluding hydrogens is 402 g/mol. The van der Waals surface area contributed by atoms with Crippen LogP contribution < -0.4 is 16.3 Å². The summed E-state index contributed by atoms with van der Waals surface area (Å²) in [6.07, 6.45) is 0. The highest BCUT2D eigenvalue weighted by Gasteiger charge is 2.26. The van der Waals surface area contributed by atoms with Gasteiger partial charge in [-0.3, -0.25) is 14.4 Å². The van der Waals surface area contributed by atoms with E-state index >= 15 is 0 Å². The number of nitrogens with one attached hydrogen (secondary N) is 1. The number of halogens is 2. The van der Waals surface area contributed by atoms with Gasteiger partial charge in [0.15, 0.2) is 5.75 Å². The van der Waals surface area contributed by atoms with E-state index in [1.807, 2.05) is 0 Å². The molecule has 3 aliphatic rings. The number of nitrogens with zero attached hydrogens (tertiary/aromatic N) is 3. The average molecular weight is 418 g/mol. The number of carbonyl (C=O) groups is 1. The van der Waals surface area contributed by atoms with Gasteiger partial charge in [-0.2, -0.15) is 9.90 Å². The maximum Gasteiger partial charge on any atom is 0.279 e. The van der Waals surface area contributed by atoms with Crippen molar-refractivity contribution in [2.75, 3.05) is 13.2 Å². The molecule has 0 bridgehead atoms.